The van der Waals surface area contributed by atoms with E-state index in [0.717, 1.165) is 29.9 Å². The highest BCUT2D eigenvalue weighted by Crippen LogP contribution is 2.39. The van der Waals surface area contributed by atoms with Gasteiger partial charge in [0.2, 0.25) is 0 Å². The van der Waals surface area contributed by atoms with Crippen LogP contribution in [0.4, 0.5) is 17.6 Å². The van der Waals surface area contributed by atoms with Gasteiger partial charge >= 0.3 is 0 Å². The van der Waals surface area contributed by atoms with E-state index in [1.165, 1.54) is 30.6 Å². The van der Waals surface area contributed by atoms with Crippen LogP contribution in [0.25, 0.3) is 22.3 Å². The van der Waals surface area contributed by atoms with Gasteiger partial charge in [-0.05, 0) is 41.8 Å². The number of aliphatic hydroxyl groups excluding tert-OH is 1. The second-order valence-corrected chi connectivity index (χ2v) is 9.60. The van der Waals surface area contributed by atoms with Crippen molar-refractivity contribution in [3.63, 3.8) is 0 Å². The van der Waals surface area contributed by atoms with Crippen molar-refractivity contribution in [2.75, 3.05) is 7.11 Å². The Kier molecular flexibility index (Phi) is 9.51. The minimum atomic E-state index is -2.64. The molecule has 0 saturated heterocycles. The highest BCUT2D eigenvalue weighted by atomic mass is 31.2. The van der Waals surface area contributed by atoms with E-state index in [2.05, 4.69) is 9.97 Å². The van der Waals surface area contributed by atoms with Gasteiger partial charge in [-0.2, -0.15) is 0 Å². The first kappa shape index (κ1) is 29.9. The van der Waals surface area contributed by atoms with Gasteiger partial charge < -0.3 is 29.4 Å². The Morgan fingerprint density at radius 1 is 1.00 bits per heavy atom. The number of imidazole rings is 1. The fraction of sp³-hybridized carbons (Fsp3) is 0.143. The number of rotatable bonds is 9. The van der Waals surface area contributed by atoms with E-state index < -0.39 is 37.5 Å². The van der Waals surface area contributed by atoms with Crippen LogP contribution in [0.5, 0.6) is 11.5 Å². The molecule has 0 radical (unpaired) electrons. The molecule has 2 heterocycles. The van der Waals surface area contributed by atoms with E-state index in [1.807, 2.05) is 0 Å². The number of hydrogen-bond donors (Lipinski definition) is 4. The molecule has 0 unspecified atom stereocenters. The van der Waals surface area contributed by atoms with Crippen LogP contribution < -0.4 is 4.74 Å². The summed E-state index contributed by atoms with van der Waals surface area (Å²) < 4.78 is 65.7. The number of nitrogens with zero attached hydrogens (tertiary/aromatic N) is 2. The van der Waals surface area contributed by atoms with E-state index in [9.17, 15) is 27.8 Å². The molecule has 0 bridgehead atoms. The average molecular weight is 589 g/mol. The molecular weight excluding hydrogens is 565 g/mol. The first-order chi connectivity index (χ1) is 19.8. The minimum Gasteiger partial charge on any atom is -0.451 e. The van der Waals surface area contributed by atoms with E-state index >= 15 is 4.39 Å². The third kappa shape index (κ3) is 6.31. The van der Waals surface area contributed by atoms with Crippen LogP contribution in [0.2, 0.25) is 0 Å². The Morgan fingerprint density at radius 2 is 1.76 bits per heavy atom. The molecular formula is C28H24F4N3O5P. The highest BCUT2D eigenvalue weighted by molar-refractivity contribution is 7.43. The summed E-state index contributed by atoms with van der Waals surface area (Å²) in [6, 6.07) is 10.5. The van der Waals surface area contributed by atoms with Gasteiger partial charge in [-0.25, -0.2) is 22.5 Å². The number of ether oxygens (including phenoxy) is 1. The van der Waals surface area contributed by atoms with Crippen LogP contribution in [-0.2, 0) is 17.6 Å². The zero-order chi connectivity index (χ0) is 29.7. The molecule has 0 aliphatic rings. The largest absolute Gasteiger partial charge is 0.451 e. The fourth-order valence-corrected chi connectivity index (χ4v) is 4.81. The molecule has 41 heavy (non-hydrogen) atoms. The Labute approximate surface area is 232 Å². The maximum Gasteiger partial charge on any atom is 0.288 e. The monoisotopic (exact) mass is 589 g/mol. The number of aromatic amines is 1. The molecule has 0 saturated carbocycles. The van der Waals surface area contributed by atoms with Crippen LogP contribution >= 0.6 is 8.53 Å². The zero-order valence-corrected chi connectivity index (χ0v) is 22.4. The van der Waals surface area contributed by atoms with Crippen LogP contribution in [0, 0.1) is 23.3 Å². The summed E-state index contributed by atoms with van der Waals surface area (Å²) in [5, 5.41) is 6.91. The molecule has 0 fully saturated rings. The summed E-state index contributed by atoms with van der Waals surface area (Å²) in [4.78, 5) is 36.6. The molecule has 0 atom stereocenters. The van der Waals surface area contributed by atoms with E-state index in [4.69, 9.17) is 9.84 Å². The van der Waals surface area contributed by atoms with Gasteiger partial charge in [0, 0.05) is 49.5 Å². The Morgan fingerprint density at radius 3 is 2.49 bits per heavy atom. The number of aromatic nitrogens is 3. The molecule has 5 rings (SSSR count). The summed E-state index contributed by atoms with van der Waals surface area (Å²) in [5.41, 5.74) is 1.16. The smallest absolute Gasteiger partial charge is 0.288 e. The van der Waals surface area contributed by atoms with Gasteiger partial charge in [0.05, 0.1) is 11.1 Å². The lowest BCUT2D eigenvalue weighted by molar-refractivity contribution is -0.107. The Hall–Kier alpha value is -4.09. The second kappa shape index (κ2) is 13.0. The maximum atomic E-state index is 15.1. The third-order valence-electron chi connectivity index (χ3n) is 6.13. The summed E-state index contributed by atoms with van der Waals surface area (Å²) in [7, 11) is -1.64. The van der Waals surface area contributed by atoms with Crippen molar-refractivity contribution in [2.24, 2.45) is 0 Å². The summed E-state index contributed by atoms with van der Waals surface area (Å²) in [6.07, 6.45) is 3.97. The van der Waals surface area contributed by atoms with E-state index in [-0.39, 0.29) is 47.3 Å². The third-order valence-corrected chi connectivity index (χ3v) is 6.86. The Balaban J connectivity index is 0.00000189. The van der Waals surface area contributed by atoms with Crippen molar-refractivity contribution in [2.45, 2.75) is 19.3 Å². The van der Waals surface area contributed by atoms with E-state index in [0.29, 0.717) is 16.8 Å². The van der Waals surface area contributed by atoms with Gasteiger partial charge in [-0.3, -0.25) is 4.34 Å². The molecule has 13 heteroatoms. The number of carbonyl (C=O) groups excluding carboxylic acids is 1. The molecule has 3 aromatic carbocycles. The molecule has 214 valence electrons. The molecule has 0 spiro atoms. The van der Waals surface area contributed by atoms with Gasteiger partial charge in [0.1, 0.15) is 29.5 Å². The van der Waals surface area contributed by atoms with Gasteiger partial charge in [0.15, 0.2) is 17.4 Å². The Bertz CT molecular complexity index is 1690. The molecule has 8 nitrogen and oxygen atoms in total. The summed E-state index contributed by atoms with van der Waals surface area (Å²) >= 11 is 0. The number of benzene rings is 3. The molecule has 0 amide bonds. The average Bonchev–Trinajstić information content (AvgIpc) is 3.61. The molecule has 5 aromatic rings. The topological polar surface area (TPSA) is 121 Å². The number of H-pyrrole nitrogens is 1. The number of aldehydes is 1. The quantitative estimate of drug-likeness (QED) is 0.0985. The molecule has 2 aromatic heterocycles. The standard InChI is InChI=1S/C27H20F4N3O4P.CH4O/c28-21-7-6-18(38-26-22(29)13-23-19(25(26)31)8-9-34(23)39(36)37)12-20(21)27-32-14-17(33-27)11-16-4-1-3-15(24(16)30)5-2-10-35;1-2/h1,3-4,6-10,12-14,36-37H,2,5,11H2,(H,32,33);2H,1H3. The second-order valence-electron chi connectivity index (χ2n) is 8.64. The van der Waals surface area contributed by atoms with Gasteiger partial charge in [-0.1, -0.05) is 18.2 Å². The van der Waals surface area contributed by atoms with Crippen molar-refractivity contribution in [1.82, 2.24) is 14.3 Å². The first-order valence-electron chi connectivity index (χ1n) is 12.1. The van der Waals surface area contributed by atoms with Crippen LogP contribution in [0.15, 0.2) is 60.9 Å². The minimum absolute atomic E-state index is 0.0433. The van der Waals surface area contributed by atoms with E-state index in [1.54, 1.807) is 18.2 Å². The van der Waals surface area contributed by atoms with Crippen molar-refractivity contribution < 1.29 is 42.0 Å². The number of carbonyl (C=O) groups is 1. The lowest BCUT2D eigenvalue weighted by Gasteiger charge is -2.11. The predicted molar refractivity (Wildman–Crippen MR) is 144 cm³/mol. The van der Waals surface area contributed by atoms with Crippen LogP contribution in [-0.4, -0.2) is 42.6 Å². The number of aliphatic hydroxyl groups is 1. The molecule has 0 aliphatic heterocycles. The van der Waals surface area contributed by atoms with Crippen molar-refractivity contribution in [3.05, 3.63) is 101 Å². The van der Waals surface area contributed by atoms with Crippen LogP contribution in [0.1, 0.15) is 23.2 Å². The number of nitrogens with one attached hydrogen (secondary N) is 1. The number of aryl methyl sites for hydroxylation is 1. The SMILES string of the molecule is CO.O=CCCc1cccc(Cc2cnc(-c3cc(Oc4c(F)cc5c(ccn5P(O)O)c4F)ccc3F)[nH]2)c1F. The molecule has 4 N–H and O–H groups in total. The lowest BCUT2D eigenvalue weighted by Crippen LogP contribution is -1.99. The normalized spacial score (nSPS) is 11.0. The van der Waals surface area contributed by atoms with Gasteiger partial charge in [0.25, 0.3) is 8.53 Å². The van der Waals surface area contributed by atoms with Crippen molar-refractivity contribution >= 4 is 25.7 Å². The lowest BCUT2D eigenvalue weighted by atomic mass is 10.0. The number of hydrogen-bond acceptors (Lipinski definition) is 6. The van der Waals surface area contributed by atoms with Crippen LogP contribution in [0.3, 0.4) is 0 Å². The zero-order valence-electron chi connectivity index (χ0n) is 21.5. The predicted octanol–water partition coefficient (Wildman–Crippen LogP) is 5.77. The highest BCUT2D eigenvalue weighted by Gasteiger charge is 2.21. The summed E-state index contributed by atoms with van der Waals surface area (Å²) in [6.45, 7) is 0. The maximum absolute atomic E-state index is 15.1. The fourth-order valence-electron chi connectivity index (χ4n) is 4.26. The first-order valence-corrected chi connectivity index (χ1v) is 13.3. The van der Waals surface area contributed by atoms with Crippen molar-refractivity contribution in [1.29, 1.82) is 0 Å². The number of fused-ring (bicyclic) bond motifs is 1. The van der Waals surface area contributed by atoms with Gasteiger partial charge in [-0.15, -0.1) is 0 Å². The number of halogens is 4. The molecule has 0 aliphatic carbocycles. The van der Waals surface area contributed by atoms with Crippen molar-refractivity contribution in [3.8, 4) is 22.9 Å². The summed E-state index contributed by atoms with van der Waals surface area (Å²) in [5.74, 6) is -4.01.